The number of hydrogen-bond acceptors (Lipinski definition) is 3. The minimum absolute atomic E-state index is 0.306. The van der Waals surface area contributed by atoms with E-state index in [0.717, 1.165) is 17.0 Å². The molecule has 3 nitrogen and oxygen atoms in total. The van der Waals surface area contributed by atoms with Crippen molar-refractivity contribution in [3.63, 3.8) is 0 Å². The van der Waals surface area contributed by atoms with Gasteiger partial charge >= 0.3 is 7.12 Å². The van der Waals surface area contributed by atoms with E-state index in [1.807, 2.05) is 6.92 Å². The van der Waals surface area contributed by atoms with E-state index in [1.54, 1.807) is 0 Å². The summed E-state index contributed by atoms with van der Waals surface area (Å²) in [7, 11) is -0.328. The first kappa shape index (κ1) is 13.7. The van der Waals surface area contributed by atoms with Crippen LogP contribution in [0.3, 0.4) is 0 Å². The van der Waals surface area contributed by atoms with Crippen molar-refractivity contribution < 1.29 is 13.7 Å². The van der Waals surface area contributed by atoms with Crippen molar-refractivity contribution >= 4 is 12.6 Å². The molecule has 0 radical (unpaired) electrons. The lowest BCUT2D eigenvalue weighted by atomic mass is 9.79. The Labute approximate surface area is 110 Å². The second-order valence-electron chi connectivity index (χ2n) is 6.40. The van der Waals surface area contributed by atoms with Crippen LogP contribution in [0.15, 0.2) is 10.5 Å². The van der Waals surface area contributed by atoms with Gasteiger partial charge in [-0.05, 0) is 40.7 Å². The Kier molecular flexibility index (Phi) is 3.15. The molecule has 0 N–H and O–H groups in total. The molecule has 4 heteroatoms. The summed E-state index contributed by atoms with van der Waals surface area (Å²) in [4.78, 5) is 0. The van der Waals surface area contributed by atoms with Crippen molar-refractivity contribution in [2.24, 2.45) is 0 Å². The maximum atomic E-state index is 6.04. The molecular weight excluding hydrogens is 227 g/mol. The minimum Gasteiger partial charge on any atom is -0.466 e. The summed E-state index contributed by atoms with van der Waals surface area (Å²) in [6.07, 6.45) is 0. The predicted molar refractivity (Wildman–Crippen MR) is 73.3 cm³/mol. The largest absolute Gasteiger partial charge is 0.498 e. The van der Waals surface area contributed by atoms with Gasteiger partial charge in [-0.1, -0.05) is 13.8 Å². The molecule has 0 bridgehead atoms. The molecule has 1 aromatic rings. The topological polar surface area (TPSA) is 31.6 Å². The van der Waals surface area contributed by atoms with E-state index in [2.05, 4.69) is 47.6 Å². The minimum atomic E-state index is -0.328. The van der Waals surface area contributed by atoms with Gasteiger partial charge in [0, 0.05) is 11.4 Å². The summed E-state index contributed by atoms with van der Waals surface area (Å²) >= 11 is 0. The van der Waals surface area contributed by atoms with E-state index >= 15 is 0 Å². The number of rotatable bonds is 2. The predicted octanol–water partition coefficient (Wildman–Crippen LogP) is 3.01. The maximum absolute atomic E-state index is 6.04. The first-order valence-corrected chi connectivity index (χ1v) is 6.60. The fraction of sp³-hybridized carbons (Fsp3) is 0.714. The van der Waals surface area contributed by atoms with Crippen molar-refractivity contribution in [1.82, 2.24) is 0 Å². The van der Waals surface area contributed by atoms with E-state index in [0.29, 0.717) is 5.92 Å². The highest BCUT2D eigenvalue weighted by molar-refractivity contribution is 6.62. The Morgan fingerprint density at radius 3 is 1.94 bits per heavy atom. The van der Waals surface area contributed by atoms with Gasteiger partial charge in [-0.25, -0.2) is 0 Å². The van der Waals surface area contributed by atoms with Gasteiger partial charge in [0.15, 0.2) is 0 Å². The summed E-state index contributed by atoms with van der Waals surface area (Å²) < 4.78 is 17.8. The zero-order chi connectivity index (χ0) is 13.7. The molecule has 2 rings (SSSR count). The smallest absolute Gasteiger partial charge is 0.466 e. The van der Waals surface area contributed by atoms with Crippen LogP contribution in [0.2, 0.25) is 0 Å². The van der Waals surface area contributed by atoms with E-state index in [1.165, 1.54) is 0 Å². The van der Waals surface area contributed by atoms with Gasteiger partial charge in [0.1, 0.15) is 11.5 Å². The molecule has 0 amide bonds. The lowest BCUT2D eigenvalue weighted by Crippen LogP contribution is -2.41. The number of furan rings is 1. The molecule has 1 aromatic heterocycles. The van der Waals surface area contributed by atoms with Crippen LogP contribution < -0.4 is 5.46 Å². The van der Waals surface area contributed by atoms with Crippen molar-refractivity contribution in [2.75, 3.05) is 0 Å². The molecule has 18 heavy (non-hydrogen) atoms. The fourth-order valence-electron chi connectivity index (χ4n) is 2.01. The molecule has 2 heterocycles. The Morgan fingerprint density at radius 1 is 1.06 bits per heavy atom. The average molecular weight is 250 g/mol. The molecule has 1 fully saturated rings. The lowest BCUT2D eigenvalue weighted by Gasteiger charge is -2.32. The van der Waals surface area contributed by atoms with E-state index in [4.69, 9.17) is 13.7 Å². The van der Waals surface area contributed by atoms with Gasteiger partial charge in [-0.3, -0.25) is 0 Å². The average Bonchev–Trinajstić information content (AvgIpc) is 2.66. The molecule has 0 aliphatic carbocycles. The van der Waals surface area contributed by atoms with Crippen LogP contribution in [0.5, 0.6) is 0 Å². The third kappa shape index (κ3) is 2.12. The third-order valence-electron chi connectivity index (χ3n) is 4.05. The van der Waals surface area contributed by atoms with Crippen molar-refractivity contribution in [2.45, 2.75) is 65.6 Å². The molecule has 0 aromatic carbocycles. The SMILES string of the molecule is Cc1oc(C(C)C)cc1B1OC(C)(C)C(C)(C)O1. The Morgan fingerprint density at radius 2 is 1.56 bits per heavy atom. The quantitative estimate of drug-likeness (QED) is 0.756. The summed E-state index contributed by atoms with van der Waals surface area (Å²) in [5.74, 6) is 2.24. The number of aryl methyl sites for hydroxylation is 1. The van der Waals surface area contributed by atoms with Gasteiger partial charge < -0.3 is 13.7 Å². The highest BCUT2D eigenvalue weighted by Gasteiger charge is 2.52. The molecule has 1 aliphatic heterocycles. The molecule has 1 saturated heterocycles. The van der Waals surface area contributed by atoms with E-state index in [-0.39, 0.29) is 18.3 Å². The van der Waals surface area contributed by atoms with Gasteiger partial charge in [-0.15, -0.1) is 0 Å². The van der Waals surface area contributed by atoms with Gasteiger partial charge in [-0.2, -0.15) is 0 Å². The highest BCUT2D eigenvalue weighted by atomic mass is 16.7. The van der Waals surface area contributed by atoms with Crippen LogP contribution >= 0.6 is 0 Å². The second-order valence-corrected chi connectivity index (χ2v) is 6.40. The van der Waals surface area contributed by atoms with E-state index in [9.17, 15) is 0 Å². The standard InChI is InChI=1S/C14H23BO3/c1-9(2)12-8-11(10(3)16-12)15-17-13(4,5)14(6,7)18-15/h8-9H,1-7H3. The summed E-state index contributed by atoms with van der Waals surface area (Å²) in [5.41, 5.74) is 0.399. The zero-order valence-electron chi connectivity index (χ0n) is 12.5. The van der Waals surface area contributed by atoms with Crippen LogP contribution in [-0.4, -0.2) is 18.3 Å². The Bertz CT molecular complexity index is 430. The summed E-state index contributed by atoms with van der Waals surface area (Å²) in [6.45, 7) is 14.4. The maximum Gasteiger partial charge on any atom is 0.498 e. The monoisotopic (exact) mass is 250 g/mol. The molecular formula is C14H23BO3. The Balaban J connectivity index is 2.30. The zero-order valence-corrected chi connectivity index (χ0v) is 12.5. The van der Waals surface area contributed by atoms with Crippen LogP contribution in [0.1, 0.15) is 59.0 Å². The van der Waals surface area contributed by atoms with Gasteiger partial charge in [0.2, 0.25) is 0 Å². The van der Waals surface area contributed by atoms with E-state index < -0.39 is 0 Å². The van der Waals surface area contributed by atoms with Gasteiger partial charge in [0.25, 0.3) is 0 Å². The molecule has 0 spiro atoms. The molecule has 0 saturated carbocycles. The van der Waals surface area contributed by atoms with Crippen LogP contribution in [-0.2, 0) is 9.31 Å². The van der Waals surface area contributed by atoms with Gasteiger partial charge in [0.05, 0.1) is 11.2 Å². The third-order valence-corrected chi connectivity index (χ3v) is 4.05. The first-order chi connectivity index (χ1) is 8.14. The fourth-order valence-corrected chi connectivity index (χ4v) is 2.01. The van der Waals surface area contributed by atoms with Crippen molar-refractivity contribution in [1.29, 1.82) is 0 Å². The summed E-state index contributed by atoms with van der Waals surface area (Å²) in [5, 5.41) is 0. The second kappa shape index (κ2) is 4.14. The Hall–Kier alpha value is -0.735. The van der Waals surface area contributed by atoms with Crippen LogP contribution in [0.4, 0.5) is 0 Å². The number of hydrogen-bond donors (Lipinski definition) is 0. The van der Waals surface area contributed by atoms with Crippen molar-refractivity contribution in [3.05, 3.63) is 17.6 Å². The molecule has 1 aliphatic rings. The van der Waals surface area contributed by atoms with Crippen molar-refractivity contribution in [3.8, 4) is 0 Å². The first-order valence-electron chi connectivity index (χ1n) is 6.60. The molecule has 100 valence electrons. The molecule has 0 unspecified atom stereocenters. The normalized spacial score (nSPS) is 21.9. The summed E-state index contributed by atoms with van der Waals surface area (Å²) in [6, 6.07) is 2.06. The van der Waals surface area contributed by atoms with Crippen LogP contribution in [0.25, 0.3) is 0 Å². The molecule has 0 atom stereocenters. The highest BCUT2D eigenvalue weighted by Crippen LogP contribution is 2.37. The van der Waals surface area contributed by atoms with Crippen LogP contribution in [0, 0.1) is 6.92 Å². The lowest BCUT2D eigenvalue weighted by molar-refractivity contribution is 0.00578.